The quantitative estimate of drug-likeness (QED) is 0.909. The van der Waals surface area contributed by atoms with Gasteiger partial charge in [-0.2, -0.15) is 0 Å². The lowest BCUT2D eigenvalue weighted by Crippen LogP contribution is -2.35. The zero-order valence-corrected chi connectivity index (χ0v) is 12.0. The van der Waals surface area contributed by atoms with Crippen LogP contribution in [0.3, 0.4) is 0 Å². The van der Waals surface area contributed by atoms with Crippen molar-refractivity contribution in [2.24, 2.45) is 0 Å². The van der Waals surface area contributed by atoms with E-state index in [1.807, 2.05) is 36.4 Å². The van der Waals surface area contributed by atoms with Crippen LogP contribution in [0.4, 0.5) is 0 Å². The van der Waals surface area contributed by atoms with Crippen molar-refractivity contribution in [1.29, 1.82) is 0 Å². The van der Waals surface area contributed by atoms with E-state index in [0.29, 0.717) is 18.6 Å². The van der Waals surface area contributed by atoms with Gasteiger partial charge in [0.1, 0.15) is 5.78 Å². The number of hydrogen-bond donors (Lipinski definition) is 1. The van der Waals surface area contributed by atoms with Crippen molar-refractivity contribution < 1.29 is 4.79 Å². The number of nitrogens with one attached hydrogen (secondary N) is 1. The second-order valence-electron chi connectivity index (χ2n) is 5.04. The van der Waals surface area contributed by atoms with Crippen LogP contribution in [0.2, 0.25) is 0 Å². The molecule has 0 aliphatic carbocycles. The Morgan fingerprint density at radius 3 is 1.55 bits per heavy atom. The van der Waals surface area contributed by atoms with E-state index in [-0.39, 0.29) is 24.5 Å². The summed E-state index contributed by atoms with van der Waals surface area (Å²) in [7, 11) is 0. The van der Waals surface area contributed by atoms with E-state index in [0.717, 1.165) is 0 Å². The van der Waals surface area contributed by atoms with Crippen molar-refractivity contribution in [2.45, 2.75) is 24.9 Å². The van der Waals surface area contributed by atoms with Gasteiger partial charge >= 0.3 is 0 Å². The lowest BCUT2D eigenvalue weighted by Gasteiger charge is -2.30. The summed E-state index contributed by atoms with van der Waals surface area (Å²) in [4.78, 5) is 12.0. The van der Waals surface area contributed by atoms with E-state index in [1.54, 1.807) is 0 Å². The number of ketones is 1. The summed E-state index contributed by atoms with van der Waals surface area (Å²) in [6.07, 6.45) is 1.18. The lowest BCUT2D eigenvalue weighted by molar-refractivity contribution is -0.121. The molecule has 2 atom stereocenters. The zero-order chi connectivity index (χ0) is 13.1. The second kappa shape index (κ2) is 6.69. The summed E-state index contributed by atoms with van der Waals surface area (Å²) in [5.41, 5.74) is 2.38. The fourth-order valence-corrected chi connectivity index (χ4v) is 2.70. The highest BCUT2D eigenvalue weighted by molar-refractivity contribution is 5.85. The second-order valence-corrected chi connectivity index (χ2v) is 5.04. The first kappa shape index (κ1) is 14.8. The number of piperidine rings is 1. The van der Waals surface area contributed by atoms with Gasteiger partial charge in [-0.1, -0.05) is 60.7 Å². The van der Waals surface area contributed by atoms with Gasteiger partial charge in [0.2, 0.25) is 0 Å². The fourth-order valence-electron chi connectivity index (χ4n) is 2.70. The molecule has 3 heteroatoms. The Balaban J connectivity index is 0.00000147. The molecule has 0 bridgehead atoms. The van der Waals surface area contributed by atoms with Gasteiger partial charge < -0.3 is 5.32 Å². The Hall–Kier alpha value is -1.64. The Morgan fingerprint density at radius 2 is 1.15 bits per heavy atom. The number of benzene rings is 2. The monoisotopic (exact) mass is 287 g/mol. The maximum atomic E-state index is 12.0. The van der Waals surface area contributed by atoms with Gasteiger partial charge in [0.25, 0.3) is 0 Å². The summed E-state index contributed by atoms with van der Waals surface area (Å²) in [6.45, 7) is 0. The number of halogens is 1. The molecule has 3 rings (SSSR count). The number of carbonyl (C=O) groups is 1. The van der Waals surface area contributed by atoms with Crippen LogP contribution in [0.5, 0.6) is 0 Å². The zero-order valence-electron chi connectivity index (χ0n) is 11.2. The minimum atomic E-state index is 0. The average molecular weight is 288 g/mol. The smallest absolute Gasteiger partial charge is 0.136 e. The third kappa shape index (κ3) is 3.27. The van der Waals surface area contributed by atoms with Crippen LogP contribution in [0.15, 0.2) is 60.7 Å². The molecule has 0 saturated carbocycles. The van der Waals surface area contributed by atoms with Crippen molar-refractivity contribution >= 4 is 18.2 Å². The van der Waals surface area contributed by atoms with Crippen LogP contribution in [-0.2, 0) is 4.79 Å². The van der Waals surface area contributed by atoms with Crippen LogP contribution < -0.4 is 5.32 Å². The molecule has 104 valence electrons. The van der Waals surface area contributed by atoms with Crippen LogP contribution in [0, 0.1) is 0 Å². The highest BCUT2D eigenvalue weighted by Crippen LogP contribution is 2.30. The molecule has 1 fully saturated rings. The standard InChI is InChI=1S/C17H17NO.ClH/c19-15-11-16(13-7-3-1-4-8-13)18-17(12-15)14-9-5-2-6-10-14;/h1-10,16-18H,11-12H2;1H/t16-,17+;. The summed E-state index contributed by atoms with van der Waals surface area (Å²) in [5.74, 6) is 0.335. The Bertz CT molecular complexity index is 506. The number of hydrogen-bond acceptors (Lipinski definition) is 2. The molecule has 1 heterocycles. The number of Topliss-reactive ketones (excluding diaryl/α,β-unsaturated/α-hetero) is 1. The SMILES string of the molecule is Cl.O=C1C[C@@H](c2ccccc2)N[C@@H](c2ccccc2)C1. The average Bonchev–Trinajstić information content (AvgIpc) is 2.48. The third-order valence-electron chi connectivity index (χ3n) is 3.67. The first-order chi connectivity index (χ1) is 9.33. The van der Waals surface area contributed by atoms with Gasteiger partial charge in [-0.3, -0.25) is 4.79 Å². The largest absolute Gasteiger partial charge is 0.302 e. The maximum absolute atomic E-state index is 12.0. The normalized spacial score (nSPS) is 22.1. The topological polar surface area (TPSA) is 29.1 Å². The summed E-state index contributed by atoms with van der Waals surface area (Å²) < 4.78 is 0. The van der Waals surface area contributed by atoms with Gasteiger partial charge in [-0.25, -0.2) is 0 Å². The highest BCUT2D eigenvalue weighted by atomic mass is 35.5. The van der Waals surface area contributed by atoms with Crippen molar-refractivity contribution in [3.8, 4) is 0 Å². The van der Waals surface area contributed by atoms with E-state index in [1.165, 1.54) is 11.1 Å². The van der Waals surface area contributed by atoms with E-state index >= 15 is 0 Å². The van der Waals surface area contributed by atoms with E-state index in [4.69, 9.17) is 0 Å². The van der Waals surface area contributed by atoms with Gasteiger partial charge in [-0.05, 0) is 11.1 Å². The Labute approximate surface area is 125 Å². The minimum absolute atomic E-state index is 0. The molecule has 1 saturated heterocycles. The van der Waals surface area contributed by atoms with Gasteiger partial charge in [0, 0.05) is 24.9 Å². The molecule has 2 nitrogen and oxygen atoms in total. The fraction of sp³-hybridized carbons (Fsp3) is 0.235. The number of rotatable bonds is 2. The van der Waals surface area contributed by atoms with E-state index in [9.17, 15) is 4.79 Å². The van der Waals surface area contributed by atoms with Crippen LogP contribution in [0.1, 0.15) is 36.1 Å². The predicted octanol–water partition coefficient (Wildman–Crippen LogP) is 3.84. The molecule has 20 heavy (non-hydrogen) atoms. The molecule has 0 unspecified atom stereocenters. The highest BCUT2D eigenvalue weighted by Gasteiger charge is 2.28. The number of carbonyl (C=O) groups excluding carboxylic acids is 1. The van der Waals surface area contributed by atoms with Crippen LogP contribution >= 0.6 is 12.4 Å². The van der Waals surface area contributed by atoms with E-state index < -0.39 is 0 Å². The Morgan fingerprint density at radius 1 is 0.750 bits per heavy atom. The van der Waals surface area contributed by atoms with Crippen LogP contribution in [-0.4, -0.2) is 5.78 Å². The van der Waals surface area contributed by atoms with Crippen LogP contribution in [0.25, 0.3) is 0 Å². The predicted molar refractivity (Wildman–Crippen MR) is 83.0 cm³/mol. The van der Waals surface area contributed by atoms with Gasteiger partial charge in [-0.15, -0.1) is 12.4 Å². The van der Waals surface area contributed by atoms with Gasteiger partial charge in [0.15, 0.2) is 0 Å². The molecule has 0 aromatic heterocycles. The minimum Gasteiger partial charge on any atom is -0.302 e. The molecule has 1 N–H and O–H groups in total. The lowest BCUT2D eigenvalue weighted by atomic mass is 9.89. The molecule has 2 aromatic carbocycles. The first-order valence-corrected chi connectivity index (χ1v) is 6.70. The molecule has 2 aromatic rings. The first-order valence-electron chi connectivity index (χ1n) is 6.70. The third-order valence-corrected chi connectivity index (χ3v) is 3.67. The molecule has 0 spiro atoms. The maximum Gasteiger partial charge on any atom is 0.136 e. The van der Waals surface area contributed by atoms with Crippen molar-refractivity contribution in [1.82, 2.24) is 5.32 Å². The summed E-state index contributed by atoms with van der Waals surface area (Å²) in [5, 5.41) is 3.60. The molecular weight excluding hydrogens is 270 g/mol. The molecular formula is C17H18ClNO. The Kier molecular flexibility index (Phi) is 4.94. The van der Waals surface area contributed by atoms with Crippen molar-refractivity contribution in [3.05, 3.63) is 71.8 Å². The molecule has 1 aliphatic heterocycles. The molecule has 0 amide bonds. The summed E-state index contributed by atoms with van der Waals surface area (Å²) >= 11 is 0. The van der Waals surface area contributed by atoms with Crippen molar-refractivity contribution in [3.63, 3.8) is 0 Å². The van der Waals surface area contributed by atoms with Crippen molar-refractivity contribution in [2.75, 3.05) is 0 Å². The van der Waals surface area contributed by atoms with Gasteiger partial charge in [0.05, 0.1) is 0 Å². The summed E-state index contributed by atoms with van der Waals surface area (Å²) in [6, 6.07) is 20.7. The molecule has 1 aliphatic rings. The van der Waals surface area contributed by atoms with E-state index in [2.05, 4.69) is 29.6 Å². The molecule has 0 radical (unpaired) electrons.